The monoisotopic (exact) mass is 297 g/mol. The fourth-order valence-corrected chi connectivity index (χ4v) is 2.64. The number of benzene rings is 1. The van der Waals surface area contributed by atoms with Crippen molar-refractivity contribution >= 4 is 11.7 Å². The van der Waals surface area contributed by atoms with Crippen LogP contribution in [0.1, 0.15) is 39.1 Å². The molecular weight excluding hydrogens is 278 g/mol. The SMILES string of the molecule is O=C(NC1CCNCC1)c1ccc(C(=O)c2cc[nH]c2)cc1. The first-order valence-electron chi connectivity index (χ1n) is 7.53. The smallest absolute Gasteiger partial charge is 0.251 e. The first kappa shape index (κ1) is 14.5. The van der Waals surface area contributed by atoms with Crippen LogP contribution in [0, 0.1) is 0 Å². The fourth-order valence-electron chi connectivity index (χ4n) is 2.64. The zero-order valence-corrected chi connectivity index (χ0v) is 12.3. The van der Waals surface area contributed by atoms with Crippen molar-refractivity contribution in [3.05, 3.63) is 59.4 Å². The Bertz CT molecular complexity index is 641. The second kappa shape index (κ2) is 6.58. The second-order valence-corrected chi connectivity index (χ2v) is 5.50. The number of aromatic amines is 1. The number of ketones is 1. The predicted molar refractivity (Wildman–Crippen MR) is 84.0 cm³/mol. The number of rotatable bonds is 4. The highest BCUT2D eigenvalue weighted by molar-refractivity contribution is 6.09. The molecule has 1 amide bonds. The van der Waals surface area contributed by atoms with Gasteiger partial charge in [-0.1, -0.05) is 12.1 Å². The molecule has 1 saturated heterocycles. The summed E-state index contributed by atoms with van der Waals surface area (Å²) in [6.45, 7) is 1.88. The van der Waals surface area contributed by atoms with Crippen LogP contribution in [-0.4, -0.2) is 35.8 Å². The molecule has 0 atom stereocenters. The summed E-state index contributed by atoms with van der Waals surface area (Å²) in [5.41, 5.74) is 1.79. The van der Waals surface area contributed by atoms with Crippen molar-refractivity contribution in [1.29, 1.82) is 0 Å². The molecular formula is C17H19N3O2. The number of hydrogen-bond acceptors (Lipinski definition) is 3. The Labute approximate surface area is 129 Å². The van der Waals surface area contributed by atoms with Crippen molar-refractivity contribution < 1.29 is 9.59 Å². The maximum atomic E-state index is 12.2. The third-order valence-corrected chi connectivity index (χ3v) is 3.94. The predicted octanol–water partition coefficient (Wildman–Crippen LogP) is 1.73. The number of aromatic nitrogens is 1. The van der Waals surface area contributed by atoms with Crippen LogP contribution in [0.2, 0.25) is 0 Å². The Morgan fingerprint density at radius 3 is 2.27 bits per heavy atom. The van der Waals surface area contributed by atoms with Gasteiger partial charge in [-0.25, -0.2) is 0 Å². The van der Waals surface area contributed by atoms with Gasteiger partial charge in [0, 0.05) is 35.1 Å². The average Bonchev–Trinajstić information content (AvgIpc) is 3.10. The molecule has 1 aromatic heterocycles. The van der Waals surface area contributed by atoms with E-state index in [9.17, 15) is 9.59 Å². The highest BCUT2D eigenvalue weighted by Crippen LogP contribution is 2.11. The number of hydrogen-bond donors (Lipinski definition) is 3. The number of carbonyl (C=O) groups excluding carboxylic acids is 2. The first-order chi connectivity index (χ1) is 10.7. The Balaban J connectivity index is 1.65. The molecule has 0 spiro atoms. The van der Waals surface area contributed by atoms with Crippen LogP contribution >= 0.6 is 0 Å². The molecule has 5 heteroatoms. The van der Waals surface area contributed by atoms with E-state index in [1.54, 1.807) is 42.7 Å². The van der Waals surface area contributed by atoms with Crippen molar-refractivity contribution in [3.8, 4) is 0 Å². The summed E-state index contributed by atoms with van der Waals surface area (Å²) in [6, 6.07) is 8.78. The minimum Gasteiger partial charge on any atom is -0.367 e. The maximum absolute atomic E-state index is 12.2. The van der Waals surface area contributed by atoms with Gasteiger partial charge >= 0.3 is 0 Å². The van der Waals surface area contributed by atoms with Gasteiger partial charge in [-0.3, -0.25) is 9.59 Å². The van der Waals surface area contributed by atoms with Crippen LogP contribution in [0.4, 0.5) is 0 Å². The van der Waals surface area contributed by atoms with Crippen LogP contribution in [0.15, 0.2) is 42.7 Å². The molecule has 1 aliphatic rings. The summed E-state index contributed by atoms with van der Waals surface area (Å²) >= 11 is 0. The van der Waals surface area contributed by atoms with E-state index >= 15 is 0 Å². The lowest BCUT2D eigenvalue weighted by Crippen LogP contribution is -2.42. The maximum Gasteiger partial charge on any atom is 0.251 e. The molecule has 0 bridgehead atoms. The van der Waals surface area contributed by atoms with Gasteiger partial charge in [-0.2, -0.15) is 0 Å². The zero-order valence-electron chi connectivity index (χ0n) is 12.3. The molecule has 0 unspecified atom stereocenters. The highest BCUT2D eigenvalue weighted by atomic mass is 16.1. The summed E-state index contributed by atoms with van der Waals surface area (Å²) in [5.74, 6) is -0.126. The van der Waals surface area contributed by atoms with Crippen LogP contribution in [0.25, 0.3) is 0 Å². The van der Waals surface area contributed by atoms with Gasteiger partial charge in [0.25, 0.3) is 5.91 Å². The summed E-state index contributed by atoms with van der Waals surface area (Å²) in [4.78, 5) is 27.2. The van der Waals surface area contributed by atoms with Crippen molar-refractivity contribution in [2.45, 2.75) is 18.9 Å². The largest absolute Gasteiger partial charge is 0.367 e. The lowest BCUT2D eigenvalue weighted by atomic mass is 10.0. The first-order valence-corrected chi connectivity index (χ1v) is 7.53. The molecule has 2 heterocycles. The van der Waals surface area contributed by atoms with Gasteiger partial charge in [-0.15, -0.1) is 0 Å². The van der Waals surface area contributed by atoms with Gasteiger partial charge < -0.3 is 15.6 Å². The summed E-state index contributed by atoms with van der Waals surface area (Å²) in [6.07, 6.45) is 5.29. The Morgan fingerprint density at radius 1 is 0.955 bits per heavy atom. The van der Waals surface area contributed by atoms with Crippen molar-refractivity contribution in [2.75, 3.05) is 13.1 Å². The minimum atomic E-state index is -0.0763. The van der Waals surface area contributed by atoms with E-state index in [1.165, 1.54) is 0 Å². The molecule has 5 nitrogen and oxygen atoms in total. The standard InChI is InChI=1S/C17H19N3O2/c21-16(14-5-8-19-11-14)12-1-3-13(4-2-12)17(22)20-15-6-9-18-10-7-15/h1-5,8,11,15,18-19H,6-7,9-10H2,(H,20,22). The van der Waals surface area contributed by atoms with Crippen molar-refractivity contribution in [1.82, 2.24) is 15.6 Å². The van der Waals surface area contributed by atoms with Gasteiger partial charge in [0.05, 0.1) is 0 Å². The second-order valence-electron chi connectivity index (χ2n) is 5.50. The van der Waals surface area contributed by atoms with E-state index < -0.39 is 0 Å². The molecule has 22 heavy (non-hydrogen) atoms. The van der Waals surface area contributed by atoms with Gasteiger partial charge in [-0.05, 0) is 44.1 Å². The van der Waals surface area contributed by atoms with Crippen LogP contribution in [0.5, 0.6) is 0 Å². The number of H-pyrrole nitrogens is 1. The summed E-state index contributed by atoms with van der Waals surface area (Å²) in [7, 11) is 0. The molecule has 1 aromatic carbocycles. The van der Waals surface area contributed by atoms with Gasteiger partial charge in [0.1, 0.15) is 0 Å². The van der Waals surface area contributed by atoms with Gasteiger partial charge in [0.2, 0.25) is 0 Å². The normalized spacial score (nSPS) is 15.5. The Hall–Kier alpha value is -2.40. The third kappa shape index (κ3) is 3.26. The topological polar surface area (TPSA) is 74.0 Å². The number of amides is 1. The van der Waals surface area contributed by atoms with E-state index in [4.69, 9.17) is 0 Å². The zero-order chi connectivity index (χ0) is 15.4. The quantitative estimate of drug-likeness (QED) is 0.752. The molecule has 3 rings (SSSR count). The van der Waals surface area contributed by atoms with Crippen LogP contribution < -0.4 is 10.6 Å². The van der Waals surface area contributed by atoms with Gasteiger partial charge in [0.15, 0.2) is 5.78 Å². The van der Waals surface area contributed by atoms with E-state index in [0.717, 1.165) is 25.9 Å². The van der Waals surface area contributed by atoms with Crippen LogP contribution in [0.3, 0.4) is 0 Å². The average molecular weight is 297 g/mol. The van der Waals surface area contributed by atoms with Crippen molar-refractivity contribution in [2.24, 2.45) is 0 Å². The van der Waals surface area contributed by atoms with E-state index in [1.807, 2.05) is 0 Å². The molecule has 1 fully saturated rings. The number of piperidine rings is 1. The Kier molecular flexibility index (Phi) is 4.34. The lowest BCUT2D eigenvalue weighted by molar-refractivity contribution is 0.0928. The number of carbonyl (C=O) groups is 2. The van der Waals surface area contributed by atoms with E-state index in [2.05, 4.69) is 15.6 Å². The molecule has 114 valence electrons. The molecule has 1 aliphatic heterocycles. The molecule has 3 N–H and O–H groups in total. The highest BCUT2D eigenvalue weighted by Gasteiger charge is 2.17. The van der Waals surface area contributed by atoms with Crippen LogP contribution in [-0.2, 0) is 0 Å². The van der Waals surface area contributed by atoms with Crippen molar-refractivity contribution in [3.63, 3.8) is 0 Å². The molecule has 0 saturated carbocycles. The molecule has 0 radical (unpaired) electrons. The summed E-state index contributed by atoms with van der Waals surface area (Å²) < 4.78 is 0. The Morgan fingerprint density at radius 2 is 1.64 bits per heavy atom. The van der Waals surface area contributed by atoms with E-state index in [-0.39, 0.29) is 17.7 Å². The third-order valence-electron chi connectivity index (χ3n) is 3.94. The minimum absolute atomic E-state index is 0.0495. The van der Waals surface area contributed by atoms with E-state index in [0.29, 0.717) is 16.7 Å². The lowest BCUT2D eigenvalue weighted by Gasteiger charge is -2.23. The molecule has 0 aliphatic carbocycles. The fraction of sp³-hybridized carbons (Fsp3) is 0.294. The summed E-state index contributed by atoms with van der Waals surface area (Å²) in [5, 5.41) is 6.31. The number of nitrogens with one attached hydrogen (secondary N) is 3. The molecule has 2 aromatic rings.